The van der Waals surface area contributed by atoms with Crippen molar-refractivity contribution in [2.45, 2.75) is 25.1 Å². The van der Waals surface area contributed by atoms with Crippen LogP contribution in [0.25, 0.3) is 0 Å². The topological polar surface area (TPSA) is 3.24 Å². The fourth-order valence-electron chi connectivity index (χ4n) is 1.67. The molecule has 88 valence electrons. The molecule has 0 N–H and O–H groups in total. The van der Waals surface area contributed by atoms with Crippen LogP contribution in [0.5, 0.6) is 0 Å². The number of benzene rings is 1. The van der Waals surface area contributed by atoms with E-state index in [0.717, 1.165) is 18.9 Å². The number of halogens is 4. The van der Waals surface area contributed by atoms with Crippen LogP contribution in [0.2, 0.25) is 0 Å². The molecule has 0 radical (unpaired) electrons. The van der Waals surface area contributed by atoms with Gasteiger partial charge in [-0.15, -0.1) is 0 Å². The highest BCUT2D eigenvalue weighted by molar-refractivity contribution is 5.52. The van der Waals surface area contributed by atoms with Crippen LogP contribution in [0.4, 0.5) is 23.2 Å². The maximum absolute atomic E-state index is 13.6. The molecule has 5 heteroatoms. The SMILES string of the molecule is CN(c1cccc(C(F)(F)F)c1F)C1CC1. The summed E-state index contributed by atoms with van der Waals surface area (Å²) in [6.07, 6.45) is -2.82. The zero-order valence-corrected chi connectivity index (χ0v) is 8.68. The molecule has 1 aromatic rings. The highest BCUT2D eigenvalue weighted by Crippen LogP contribution is 2.37. The molecule has 16 heavy (non-hydrogen) atoms. The van der Waals surface area contributed by atoms with Crippen molar-refractivity contribution < 1.29 is 17.6 Å². The molecular formula is C11H11F4N. The largest absolute Gasteiger partial charge is 0.419 e. The van der Waals surface area contributed by atoms with Crippen LogP contribution in [-0.4, -0.2) is 13.1 Å². The summed E-state index contributed by atoms with van der Waals surface area (Å²) in [6, 6.07) is 3.56. The van der Waals surface area contributed by atoms with E-state index in [1.807, 2.05) is 0 Å². The van der Waals surface area contributed by atoms with Crippen LogP contribution in [-0.2, 0) is 6.18 Å². The first-order chi connectivity index (χ1) is 7.41. The Bertz CT molecular complexity index is 395. The van der Waals surface area contributed by atoms with E-state index in [1.54, 1.807) is 11.9 Å². The van der Waals surface area contributed by atoms with E-state index in [4.69, 9.17) is 0 Å². The van der Waals surface area contributed by atoms with Crippen LogP contribution >= 0.6 is 0 Å². The minimum atomic E-state index is -4.63. The van der Waals surface area contributed by atoms with Crippen LogP contribution in [0, 0.1) is 5.82 Å². The van der Waals surface area contributed by atoms with Crippen molar-refractivity contribution in [1.82, 2.24) is 0 Å². The van der Waals surface area contributed by atoms with Crippen LogP contribution < -0.4 is 4.90 Å². The second-order valence-corrected chi connectivity index (χ2v) is 3.98. The number of hydrogen-bond donors (Lipinski definition) is 0. The molecule has 0 unspecified atom stereocenters. The van der Waals surface area contributed by atoms with Crippen LogP contribution in [0.15, 0.2) is 18.2 Å². The third kappa shape index (κ3) is 1.99. The van der Waals surface area contributed by atoms with Gasteiger partial charge in [-0.1, -0.05) is 6.07 Å². The lowest BCUT2D eigenvalue weighted by atomic mass is 10.1. The summed E-state index contributed by atoms with van der Waals surface area (Å²) in [5, 5.41) is 0. The van der Waals surface area contributed by atoms with Gasteiger partial charge in [0.1, 0.15) is 0 Å². The lowest BCUT2D eigenvalue weighted by Gasteiger charge is -2.21. The molecule has 1 saturated carbocycles. The van der Waals surface area contributed by atoms with Gasteiger partial charge in [-0.05, 0) is 25.0 Å². The molecule has 0 saturated heterocycles. The van der Waals surface area contributed by atoms with E-state index in [1.165, 1.54) is 12.1 Å². The second-order valence-electron chi connectivity index (χ2n) is 3.98. The lowest BCUT2D eigenvalue weighted by molar-refractivity contribution is -0.139. The number of nitrogens with zero attached hydrogens (tertiary/aromatic N) is 1. The summed E-state index contributed by atoms with van der Waals surface area (Å²) in [4.78, 5) is 1.57. The average Bonchev–Trinajstić information content (AvgIpc) is 2.98. The zero-order valence-electron chi connectivity index (χ0n) is 8.68. The summed E-state index contributed by atoms with van der Waals surface area (Å²) in [5.41, 5.74) is -1.17. The zero-order chi connectivity index (χ0) is 11.9. The van der Waals surface area contributed by atoms with Gasteiger partial charge < -0.3 is 4.90 Å². The molecule has 0 spiro atoms. The maximum Gasteiger partial charge on any atom is 0.419 e. The van der Waals surface area contributed by atoms with Crippen molar-refractivity contribution in [2.75, 3.05) is 11.9 Å². The predicted molar refractivity (Wildman–Crippen MR) is 52.8 cm³/mol. The van der Waals surface area contributed by atoms with Gasteiger partial charge >= 0.3 is 6.18 Å². The van der Waals surface area contributed by atoms with E-state index in [2.05, 4.69) is 0 Å². The van der Waals surface area contributed by atoms with Crippen molar-refractivity contribution in [3.05, 3.63) is 29.6 Å². The number of anilines is 1. The average molecular weight is 233 g/mol. The standard InChI is InChI=1S/C11H11F4N/c1-16(7-5-6-7)9-4-2-3-8(10(9)12)11(13,14)15/h2-4,7H,5-6H2,1H3. The Hall–Kier alpha value is -1.26. The van der Waals surface area contributed by atoms with Crippen molar-refractivity contribution in [1.29, 1.82) is 0 Å². The van der Waals surface area contributed by atoms with Gasteiger partial charge in [-0.3, -0.25) is 0 Å². The van der Waals surface area contributed by atoms with E-state index in [0.29, 0.717) is 0 Å². The Morgan fingerprint density at radius 3 is 2.38 bits per heavy atom. The Morgan fingerprint density at radius 1 is 1.25 bits per heavy atom. The molecule has 0 amide bonds. The van der Waals surface area contributed by atoms with Crippen LogP contribution in [0.1, 0.15) is 18.4 Å². The number of hydrogen-bond acceptors (Lipinski definition) is 1. The minimum Gasteiger partial charge on any atom is -0.369 e. The lowest BCUT2D eigenvalue weighted by Crippen LogP contribution is -2.22. The van der Waals surface area contributed by atoms with Gasteiger partial charge in [0.25, 0.3) is 0 Å². The summed E-state index contributed by atoms with van der Waals surface area (Å²) in [5.74, 6) is -1.18. The van der Waals surface area contributed by atoms with Gasteiger partial charge in [-0.2, -0.15) is 13.2 Å². The Kier molecular flexibility index (Phi) is 2.56. The molecule has 1 aliphatic carbocycles. The molecule has 1 fully saturated rings. The molecule has 1 aliphatic rings. The van der Waals surface area contributed by atoms with Gasteiger partial charge in [0, 0.05) is 13.1 Å². The molecule has 0 aliphatic heterocycles. The normalized spacial score (nSPS) is 16.3. The first kappa shape index (κ1) is 11.2. The quantitative estimate of drug-likeness (QED) is 0.707. The summed E-state index contributed by atoms with van der Waals surface area (Å²) >= 11 is 0. The molecular weight excluding hydrogens is 222 g/mol. The Morgan fingerprint density at radius 2 is 1.88 bits per heavy atom. The van der Waals surface area contributed by atoms with Crippen LogP contribution in [0.3, 0.4) is 0 Å². The van der Waals surface area contributed by atoms with Gasteiger partial charge in [0.2, 0.25) is 0 Å². The fourth-order valence-corrected chi connectivity index (χ4v) is 1.67. The van der Waals surface area contributed by atoms with E-state index >= 15 is 0 Å². The van der Waals surface area contributed by atoms with Crippen molar-refractivity contribution in [3.63, 3.8) is 0 Å². The summed E-state index contributed by atoms with van der Waals surface area (Å²) in [7, 11) is 1.62. The molecule has 0 aromatic heterocycles. The smallest absolute Gasteiger partial charge is 0.369 e. The molecule has 0 atom stereocenters. The second kappa shape index (κ2) is 3.64. The number of rotatable bonds is 2. The maximum atomic E-state index is 13.6. The van der Waals surface area contributed by atoms with Crippen molar-refractivity contribution in [2.24, 2.45) is 0 Å². The van der Waals surface area contributed by atoms with Gasteiger partial charge in [-0.25, -0.2) is 4.39 Å². The van der Waals surface area contributed by atoms with E-state index in [-0.39, 0.29) is 11.7 Å². The fraction of sp³-hybridized carbons (Fsp3) is 0.455. The monoisotopic (exact) mass is 233 g/mol. The molecule has 0 heterocycles. The third-order valence-electron chi connectivity index (χ3n) is 2.76. The van der Waals surface area contributed by atoms with Crippen molar-refractivity contribution >= 4 is 5.69 Å². The first-order valence-electron chi connectivity index (χ1n) is 5.00. The molecule has 0 bridgehead atoms. The first-order valence-corrected chi connectivity index (χ1v) is 5.00. The van der Waals surface area contributed by atoms with Crippen molar-refractivity contribution in [3.8, 4) is 0 Å². The Balaban J connectivity index is 2.39. The summed E-state index contributed by atoms with van der Waals surface area (Å²) in [6.45, 7) is 0. The number of alkyl halides is 3. The minimum absolute atomic E-state index is 0.0253. The highest BCUT2D eigenvalue weighted by Gasteiger charge is 2.36. The van der Waals surface area contributed by atoms with E-state index < -0.39 is 17.6 Å². The van der Waals surface area contributed by atoms with Gasteiger partial charge in [0.15, 0.2) is 5.82 Å². The van der Waals surface area contributed by atoms with E-state index in [9.17, 15) is 17.6 Å². The highest BCUT2D eigenvalue weighted by atomic mass is 19.4. The molecule has 1 aromatic carbocycles. The van der Waals surface area contributed by atoms with Gasteiger partial charge in [0.05, 0.1) is 11.3 Å². The predicted octanol–water partition coefficient (Wildman–Crippen LogP) is 3.44. The summed E-state index contributed by atoms with van der Waals surface area (Å²) < 4.78 is 51.0. The Labute approximate surface area is 90.7 Å². The molecule has 1 nitrogen and oxygen atoms in total. The molecule has 2 rings (SSSR count). The third-order valence-corrected chi connectivity index (χ3v) is 2.76.